The van der Waals surface area contributed by atoms with Crippen molar-refractivity contribution >= 4 is 22.6 Å². The van der Waals surface area contributed by atoms with Crippen LogP contribution in [0.15, 0.2) is 0 Å². The molecule has 6 heteroatoms. The molecular formula is C12H16F3IN2. The van der Waals surface area contributed by atoms with E-state index < -0.39 is 12.1 Å². The third-order valence-corrected chi connectivity index (χ3v) is 5.60. The van der Waals surface area contributed by atoms with Gasteiger partial charge >= 0.3 is 6.18 Å². The van der Waals surface area contributed by atoms with E-state index >= 15 is 0 Å². The maximum atomic E-state index is 12.4. The van der Waals surface area contributed by atoms with Crippen LogP contribution in [0, 0.1) is 17.2 Å². The molecule has 1 heterocycles. The molecule has 0 N–H and O–H groups in total. The molecule has 0 unspecified atom stereocenters. The number of alkyl halides is 4. The van der Waals surface area contributed by atoms with Crippen molar-refractivity contribution in [1.29, 1.82) is 5.26 Å². The second-order valence-corrected chi connectivity index (χ2v) is 7.70. The van der Waals surface area contributed by atoms with Crippen molar-refractivity contribution in [3.05, 3.63) is 0 Å². The van der Waals surface area contributed by atoms with Gasteiger partial charge in [-0.25, -0.2) is 0 Å². The lowest BCUT2D eigenvalue weighted by molar-refractivity contribution is -0.215. The predicted molar refractivity (Wildman–Crippen MR) is 70.4 cm³/mol. The fraction of sp³-hybridized carbons (Fsp3) is 0.917. The molecule has 0 radical (unpaired) electrons. The Labute approximate surface area is 119 Å². The summed E-state index contributed by atoms with van der Waals surface area (Å²) in [7, 11) is 0. The fourth-order valence-corrected chi connectivity index (χ4v) is 3.61. The Morgan fingerprint density at radius 1 is 1.28 bits per heavy atom. The van der Waals surface area contributed by atoms with Crippen LogP contribution >= 0.6 is 22.6 Å². The zero-order valence-corrected chi connectivity index (χ0v) is 12.2. The smallest absolute Gasteiger partial charge is 0.299 e. The number of likely N-dealkylation sites (tertiary alicyclic amines) is 1. The average Bonchev–Trinajstić information content (AvgIpc) is 2.17. The van der Waals surface area contributed by atoms with Crippen LogP contribution in [0.5, 0.6) is 0 Å². The van der Waals surface area contributed by atoms with E-state index in [9.17, 15) is 13.2 Å². The highest BCUT2D eigenvalue weighted by Crippen LogP contribution is 2.43. The molecule has 0 amide bonds. The van der Waals surface area contributed by atoms with Crippen LogP contribution in [0.2, 0.25) is 0 Å². The summed E-state index contributed by atoms with van der Waals surface area (Å²) in [6.45, 7) is 0.335. The van der Waals surface area contributed by atoms with E-state index in [1.807, 2.05) is 4.90 Å². The summed E-state index contributed by atoms with van der Waals surface area (Å²) in [5.41, 5.74) is 0. The van der Waals surface area contributed by atoms with Crippen molar-refractivity contribution in [2.45, 2.75) is 47.7 Å². The molecule has 0 atom stereocenters. The third kappa shape index (κ3) is 3.10. The minimum absolute atomic E-state index is 0.0529. The predicted octanol–water partition coefficient (Wildman–Crippen LogP) is 3.51. The van der Waals surface area contributed by atoms with Gasteiger partial charge in [-0.3, -0.25) is 4.90 Å². The molecule has 2 aliphatic rings. The first-order chi connectivity index (χ1) is 8.34. The van der Waals surface area contributed by atoms with Crippen molar-refractivity contribution in [3.63, 3.8) is 0 Å². The molecule has 1 aliphatic heterocycles. The minimum Gasteiger partial charge on any atom is -0.299 e. The highest BCUT2D eigenvalue weighted by atomic mass is 127. The van der Waals surface area contributed by atoms with Crippen molar-refractivity contribution in [2.75, 3.05) is 13.1 Å². The van der Waals surface area contributed by atoms with Crippen LogP contribution < -0.4 is 0 Å². The minimum atomic E-state index is -4.03. The van der Waals surface area contributed by atoms with Gasteiger partial charge < -0.3 is 0 Å². The molecule has 102 valence electrons. The van der Waals surface area contributed by atoms with E-state index in [1.165, 1.54) is 0 Å². The van der Waals surface area contributed by atoms with E-state index in [1.54, 1.807) is 0 Å². The first-order valence-electron chi connectivity index (χ1n) is 6.21. The average molecular weight is 372 g/mol. The van der Waals surface area contributed by atoms with Gasteiger partial charge in [0.15, 0.2) is 0 Å². The van der Waals surface area contributed by atoms with E-state index in [4.69, 9.17) is 5.26 Å². The molecular weight excluding hydrogens is 356 g/mol. The molecule has 0 aromatic carbocycles. The van der Waals surface area contributed by atoms with Crippen LogP contribution in [-0.2, 0) is 0 Å². The number of nitriles is 1. The Bertz CT molecular complexity index is 336. The van der Waals surface area contributed by atoms with Crippen LogP contribution in [0.1, 0.15) is 32.1 Å². The second-order valence-electron chi connectivity index (χ2n) is 5.41. The van der Waals surface area contributed by atoms with Crippen LogP contribution in [0.25, 0.3) is 0 Å². The molecule has 18 heavy (non-hydrogen) atoms. The fourth-order valence-electron chi connectivity index (χ4n) is 2.82. The molecule has 0 aromatic heterocycles. The van der Waals surface area contributed by atoms with Gasteiger partial charge in [-0.05, 0) is 25.7 Å². The maximum Gasteiger partial charge on any atom is 0.394 e. The summed E-state index contributed by atoms with van der Waals surface area (Å²) < 4.78 is 37.3. The van der Waals surface area contributed by atoms with Crippen molar-refractivity contribution in [3.8, 4) is 6.07 Å². The van der Waals surface area contributed by atoms with Gasteiger partial charge in [-0.2, -0.15) is 18.4 Å². The van der Waals surface area contributed by atoms with Crippen molar-refractivity contribution in [1.82, 2.24) is 4.90 Å². The highest BCUT2D eigenvalue weighted by molar-refractivity contribution is 14.1. The zero-order valence-electron chi connectivity index (χ0n) is 10.0. The molecule has 1 saturated carbocycles. The first-order valence-corrected chi connectivity index (χ1v) is 7.28. The lowest BCUT2D eigenvalue weighted by Crippen LogP contribution is -2.58. The lowest BCUT2D eigenvalue weighted by atomic mass is 9.81. The monoisotopic (exact) mass is 372 g/mol. The third-order valence-electron chi connectivity index (χ3n) is 4.14. The van der Waals surface area contributed by atoms with Crippen LogP contribution in [0.3, 0.4) is 0 Å². The highest BCUT2D eigenvalue weighted by Gasteiger charge is 2.49. The van der Waals surface area contributed by atoms with Crippen LogP contribution in [0.4, 0.5) is 13.2 Å². The second kappa shape index (κ2) is 5.16. The van der Waals surface area contributed by atoms with Crippen LogP contribution in [-0.4, -0.2) is 33.6 Å². The summed E-state index contributed by atoms with van der Waals surface area (Å²) in [6, 6.07) is 2.50. The molecule has 1 aliphatic carbocycles. The van der Waals surface area contributed by atoms with Gasteiger partial charge in [0, 0.05) is 29.0 Å². The largest absolute Gasteiger partial charge is 0.394 e. The first kappa shape index (κ1) is 14.4. The van der Waals surface area contributed by atoms with Gasteiger partial charge in [0.25, 0.3) is 0 Å². The molecule has 0 aromatic rings. The summed E-state index contributed by atoms with van der Waals surface area (Å²) in [5.74, 6) is -1.12. The van der Waals surface area contributed by atoms with Gasteiger partial charge in [0.2, 0.25) is 0 Å². The number of hydrogen-bond acceptors (Lipinski definition) is 2. The Balaban J connectivity index is 1.78. The molecule has 0 bridgehead atoms. The standard InChI is InChI=1S/C12H16F3IN2/c13-12(14,15)9-7-18(8-9)10-1-3-11(16,4-2-10)5-6-17/h9-10H,1-5,7-8H2/t10-,11+. The normalized spacial score (nSPS) is 34.9. The number of hydrogen-bond donors (Lipinski definition) is 0. The summed E-state index contributed by atoms with van der Waals surface area (Å²) in [6.07, 6.45) is 0.257. The Kier molecular flexibility index (Phi) is 4.12. The van der Waals surface area contributed by atoms with E-state index in [-0.39, 0.29) is 16.5 Å². The SMILES string of the molecule is N#CC[C@]1(I)CC[C@@H](N2CC(C(F)(F)F)C2)CC1. The maximum absolute atomic E-state index is 12.4. The summed E-state index contributed by atoms with van der Waals surface area (Å²) in [5, 5.41) is 8.75. The molecule has 2 fully saturated rings. The Hall–Kier alpha value is -0.0300. The Morgan fingerprint density at radius 3 is 2.28 bits per heavy atom. The van der Waals surface area contributed by atoms with Crippen molar-refractivity contribution in [2.24, 2.45) is 5.92 Å². The lowest BCUT2D eigenvalue weighted by Gasteiger charge is -2.48. The Morgan fingerprint density at radius 2 is 1.83 bits per heavy atom. The summed E-state index contributed by atoms with van der Waals surface area (Å²) >= 11 is 2.35. The van der Waals surface area contributed by atoms with Gasteiger partial charge in [0.05, 0.1) is 12.0 Å². The van der Waals surface area contributed by atoms with Gasteiger partial charge in [0.1, 0.15) is 0 Å². The molecule has 2 rings (SSSR count). The summed E-state index contributed by atoms with van der Waals surface area (Å²) in [4.78, 5) is 1.96. The van der Waals surface area contributed by atoms with Gasteiger partial charge in [-0.15, -0.1) is 0 Å². The number of nitrogens with zero attached hydrogens (tertiary/aromatic N) is 2. The number of halogens is 4. The molecule has 0 spiro atoms. The van der Waals surface area contributed by atoms with Gasteiger partial charge in [-0.1, -0.05) is 22.6 Å². The quantitative estimate of drug-likeness (QED) is 0.548. The van der Waals surface area contributed by atoms with E-state index in [0.717, 1.165) is 25.7 Å². The number of rotatable bonds is 2. The van der Waals surface area contributed by atoms with E-state index in [0.29, 0.717) is 12.5 Å². The van der Waals surface area contributed by atoms with Crippen molar-refractivity contribution < 1.29 is 13.2 Å². The van der Waals surface area contributed by atoms with E-state index in [2.05, 4.69) is 28.7 Å². The molecule has 1 saturated heterocycles. The topological polar surface area (TPSA) is 27.0 Å². The molecule has 2 nitrogen and oxygen atoms in total. The zero-order chi connectivity index (χ0) is 13.4.